The Balaban J connectivity index is 1.33. The van der Waals surface area contributed by atoms with Crippen molar-refractivity contribution in [1.82, 2.24) is 19.5 Å². The summed E-state index contributed by atoms with van der Waals surface area (Å²) in [5, 5.41) is 8.96. The molecule has 5 nitrogen and oxygen atoms in total. The van der Waals surface area contributed by atoms with Gasteiger partial charge < -0.3 is 5.32 Å². The fourth-order valence-corrected chi connectivity index (χ4v) is 5.56. The number of fused-ring (bicyclic) bond motifs is 1. The second kappa shape index (κ2) is 10.1. The van der Waals surface area contributed by atoms with E-state index < -0.39 is 0 Å². The summed E-state index contributed by atoms with van der Waals surface area (Å²) in [5.41, 5.74) is 3.95. The summed E-state index contributed by atoms with van der Waals surface area (Å²) in [6.45, 7) is 3.13. The van der Waals surface area contributed by atoms with Crippen LogP contribution in [0.15, 0.2) is 70.2 Å². The number of aromatic nitrogens is 3. The van der Waals surface area contributed by atoms with Gasteiger partial charge in [0, 0.05) is 47.2 Å². The SMILES string of the molecule is CSc1ccccc1CN1CCC(Nc2cc(-c3ccccc3Cl)nc3c(Br)cnn23)CC1. The van der Waals surface area contributed by atoms with Crippen LogP contribution < -0.4 is 5.32 Å². The predicted molar refractivity (Wildman–Crippen MR) is 141 cm³/mol. The van der Waals surface area contributed by atoms with Crippen molar-refractivity contribution in [3.8, 4) is 11.3 Å². The lowest BCUT2D eigenvalue weighted by molar-refractivity contribution is 0.210. The van der Waals surface area contributed by atoms with E-state index in [1.165, 1.54) is 10.5 Å². The molecule has 0 atom stereocenters. The van der Waals surface area contributed by atoms with Crippen molar-refractivity contribution in [2.45, 2.75) is 30.3 Å². The molecule has 0 aliphatic carbocycles. The van der Waals surface area contributed by atoms with E-state index in [1.54, 1.807) is 6.20 Å². The van der Waals surface area contributed by atoms with Crippen molar-refractivity contribution < 1.29 is 0 Å². The molecular weight excluding hydrogens is 518 g/mol. The Kier molecular flexibility index (Phi) is 6.92. The molecule has 170 valence electrons. The van der Waals surface area contributed by atoms with Gasteiger partial charge in [-0.05, 0) is 52.7 Å². The van der Waals surface area contributed by atoms with Crippen molar-refractivity contribution in [2.24, 2.45) is 0 Å². The van der Waals surface area contributed by atoms with E-state index in [-0.39, 0.29) is 0 Å². The topological polar surface area (TPSA) is 45.5 Å². The molecule has 1 fully saturated rings. The second-order valence-corrected chi connectivity index (χ2v) is 10.4. The van der Waals surface area contributed by atoms with Gasteiger partial charge >= 0.3 is 0 Å². The first-order valence-corrected chi connectivity index (χ1v) is 13.4. The largest absolute Gasteiger partial charge is 0.367 e. The average Bonchev–Trinajstić information content (AvgIpc) is 3.22. The van der Waals surface area contributed by atoms with Crippen molar-refractivity contribution >= 4 is 50.8 Å². The molecule has 0 saturated carbocycles. The summed E-state index contributed by atoms with van der Waals surface area (Å²) < 4.78 is 2.73. The molecule has 8 heteroatoms. The van der Waals surface area contributed by atoms with Gasteiger partial charge in [0.2, 0.25) is 0 Å². The molecule has 1 aliphatic heterocycles. The standard InChI is InChI=1S/C25H25BrClN5S/c1-33-23-9-5-2-6-17(23)16-31-12-10-18(11-13-31)29-24-14-22(19-7-3-4-8-21(19)27)30-25-20(26)15-28-32(24)25/h2-9,14-15,18,29H,10-13,16H2,1H3. The molecule has 0 radical (unpaired) electrons. The normalized spacial score (nSPS) is 15.2. The molecule has 0 unspecified atom stereocenters. The van der Waals surface area contributed by atoms with Crippen molar-refractivity contribution in [1.29, 1.82) is 0 Å². The van der Waals surface area contributed by atoms with E-state index >= 15 is 0 Å². The zero-order valence-electron chi connectivity index (χ0n) is 18.3. The number of rotatable bonds is 6. The highest BCUT2D eigenvalue weighted by Gasteiger charge is 2.22. The first kappa shape index (κ1) is 22.7. The molecule has 4 aromatic rings. The first-order valence-electron chi connectivity index (χ1n) is 11.0. The molecule has 0 spiro atoms. The highest BCUT2D eigenvalue weighted by atomic mass is 79.9. The molecular formula is C25H25BrClN5S. The van der Waals surface area contributed by atoms with E-state index in [0.29, 0.717) is 11.1 Å². The van der Waals surface area contributed by atoms with Crippen LogP contribution in [0, 0.1) is 0 Å². The minimum atomic E-state index is 0.379. The van der Waals surface area contributed by atoms with Gasteiger partial charge in [0.1, 0.15) is 5.82 Å². The molecule has 0 amide bonds. The van der Waals surface area contributed by atoms with Crippen molar-refractivity contribution in [3.63, 3.8) is 0 Å². The van der Waals surface area contributed by atoms with Gasteiger partial charge in [0.05, 0.1) is 16.4 Å². The van der Waals surface area contributed by atoms with Gasteiger partial charge in [-0.15, -0.1) is 11.8 Å². The molecule has 1 N–H and O–H groups in total. The smallest absolute Gasteiger partial charge is 0.172 e. The maximum Gasteiger partial charge on any atom is 0.172 e. The Morgan fingerprint density at radius 2 is 1.88 bits per heavy atom. The van der Waals surface area contributed by atoms with Gasteiger partial charge in [0.15, 0.2) is 5.65 Å². The maximum atomic E-state index is 6.47. The zero-order valence-corrected chi connectivity index (χ0v) is 21.5. The first-order chi connectivity index (χ1) is 16.1. The van der Waals surface area contributed by atoms with Crippen LogP contribution in [0.25, 0.3) is 16.9 Å². The second-order valence-electron chi connectivity index (χ2n) is 8.24. The van der Waals surface area contributed by atoms with Gasteiger partial charge in [-0.3, -0.25) is 4.90 Å². The van der Waals surface area contributed by atoms with Crippen LogP contribution in [-0.2, 0) is 6.54 Å². The number of anilines is 1. The summed E-state index contributed by atoms with van der Waals surface area (Å²) in [6, 6.07) is 18.9. The number of nitrogens with one attached hydrogen (secondary N) is 1. The summed E-state index contributed by atoms with van der Waals surface area (Å²) in [7, 11) is 0. The number of thioether (sulfide) groups is 1. The molecule has 2 aromatic heterocycles. The van der Waals surface area contributed by atoms with Crippen molar-refractivity contribution in [3.05, 3.63) is 75.9 Å². The summed E-state index contributed by atoms with van der Waals surface area (Å²) >= 11 is 11.9. The number of piperidine rings is 1. The third-order valence-electron chi connectivity index (χ3n) is 6.10. The Hall–Kier alpha value is -2.06. The molecule has 2 aromatic carbocycles. The highest BCUT2D eigenvalue weighted by molar-refractivity contribution is 9.10. The van der Waals surface area contributed by atoms with E-state index in [1.807, 2.05) is 40.5 Å². The predicted octanol–water partition coefficient (Wildman–Crippen LogP) is 6.61. The third-order valence-corrected chi connectivity index (χ3v) is 7.83. The van der Waals surface area contributed by atoms with Crippen LogP contribution in [0.4, 0.5) is 5.82 Å². The summed E-state index contributed by atoms with van der Waals surface area (Å²) in [4.78, 5) is 8.73. The van der Waals surface area contributed by atoms with Gasteiger partial charge in [-0.2, -0.15) is 9.61 Å². The number of halogens is 2. The Morgan fingerprint density at radius 1 is 1.12 bits per heavy atom. The van der Waals surface area contributed by atoms with E-state index in [4.69, 9.17) is 16.6 Å². The molecule has 1 aliphatic rings. The van der Waals surface area contributed by atoms with Crippen LogP contribution in [0.3, 0.4) is 0 Å². The lowest BCUT2D eigenvalue weighted by atomic mass is 10.0. The van der Waals surface area contributed by atoms with Crippen LogP contribution >= 0.6 is 39.3 Å². The van der Waals surface area contributed by atoms with E-state index in [9.17, 15) is 0 Å². The monoisotopic (exact) mass is 541 g/mol. The maximum absolute atomic E-state index is 6.47. The minimum absolute atomic E-state index is 0.379. The highest BCUT2D eigenvalue weighted by Crippen LogP contribution is 2.31. The van der Waals surface area contributed by atoms with E-state index in [0.717, 1.165) is 59.7 Å². The van der Waals surface area contributed by atoms with Crippen molar-refractivity contribution in [2.75, 3.05) is 24.7 Å². The number of benzene rings is 2. The van der Waals surface area contributed by atoms with Crippen LogP contribution in [0.5, 0.6) is 0 Å². The zero-order chi connectivity index (χ0) is 22.8. The van der Waals surface area contributed by atoms with Gasteiger partial charge in [0.25, 0.3) is 0 Å². The molecule has 3 heterocycles. The average molecular weight is 543 g/mol. The summed E-state index contributed by atoms with van der Waals surface area (Å²) in [5.74, 6) is 0.937. The number of likely N-dealkylation sites (tertiary alicyclic amines) is 1. The Bertz CT molecular complexity index is 1270. The van der Waals surface area contributed by atoms with E-state index in [2.05, 4.69) is 67.8 Å². The van der Waals surface area contributed by atoms with Crippen LogP contribution in [0.2, 0.25) is 5.02 Å². The molecule has 0 bridgehead atoms. The van der Waals surface area contributed by atoms with Gasteiger partial charge in [-0.1, -0.05) is 48.0 Å². The van der Waals surface area contributed by atoms with Gasteiger partial charge in [-0.25, -0.2) is 4.98 Å². The third kappa shape index (κ3) is 4.92. The lowest BCUT2D eigenvalue weighted by Gasteiger charge is -2.33. The fraction of sp³-hybridized carbons (Fsp3) is 0.280. The number of hydrogen-bond donors (Lipinski definition) is 1. The fourth-order valence-electron chi connectivity index (χ4n) is 4.36. The lowest BCUT2D eigenvalue weighted by Crippen LogP contribution is -2.39. The summed E-state index contributed by atoms with van der Waals surface area (Å²) in [6.07, 6.45) is 6.09. The van der Waals surface area contributed by atoms with Crippen LogP contribution in [-0.4, -0.2) is 44.9 Å². The Labute approximate surface area is 211 Å². The number of hydrogen-bond acceptors (Lipinski definition) is 5. The number of nitrogens with zero attached hydrogens (tertiary/aromatic N) is 4. The quantitative estimate of drug-likeness (QED) is 0.278. The minimum Gasteiger partial charge on any atom is -0.367 e. The Morgan fingerprint density at radius 3 is 2.67 bits per heavy atom. The van der Waals surface area contributed by atoms with Crippen LogP contribution in [0.1, 0.15) is 18.4 Å². The molecule has 33 heavy (non-hydrogen) atoms. The molecule has 1 saturated heterocycles. The molecule has 5 rings (SSSR count).